The molecule has 0 atom stereocenters. The van der Waals surface area contributed by atoms with Crippen LogP contribution in [0.25, 0.3) is 0 Å². The van der Waals surface area contributed by atoms with E-state index in [1.54, 1.807) is 36.4 Å². The number of aryl methyl sites for hydroxylation is 1. The van der Waals surface area contributed by atoms with Crippen molar-refractivity contribution in [3.8, 4) is 11.5 Å². The van der Waals surface area contributed by atoms with Gasteiger partial charge in [-0.25, -0.2) is 0 Å². The SMILES string of the molecule is Cc1ccccc1OC(=O)CCCC(=O)Oc1cccc(Cl)c1. The Morgan fingerprint density at radius 2 is 1.65 bits per heavy atom. The molecule has 0 N–H and O–H groups in total. The van der Waals surface area contributed by atoms with Crippen molar-refractivity contribution in [2.24, 2.45) is 0 Å². The third-order valence-electron chi connectivity index (χ3n) is 3.11. The van der Waals surface area contributed by atoms with Crippen LogP contribution in [0.5, 0.6) is 11.5 Å². The second-order valence-corrected chi connectivity index (χ2v) is 5.46. The van der Waals surface area contributed by atoms with Crippen LogP contribution in [0, 0.1) is 6.92 Å². The molecule has 0 saturated heterocycles. The maximum absolute atomic E-state index is 11.8. The van der Waals surface area contributed by atoms with Gasteiger partial charge < -0.3 is 9.47 Å². The number of para-hydroxylation sites is 1. The Morgan fingerprint density at radius 1 is 0.957 bits per heavy atom. The van der Waals surface area contributed by atoms with Crippen LogP contribution < -0.4 is 9.47 Å². The first-order chi connectivity index (χ1) is 11.0. The Bertz CT molecular complexity index is 697. The molecule has 120 valence electrons. The largest absolute Gasteiger partial charge is 0.426 e. The standard InChI is InChI=1S/C18H17ClO4/c1-13-6-2-3-9-16(13)23-18(21)11-5-10-17(20)22-15-8-4-7-14(19)12-15/h2-4,6-9,12H,5,10-11H2,1H3. The molecule has 0 fully saturated rings. The van der Waals surface area contributed by atoms with Gasteiger partial charge in [-0.15, -0.1) is 0 Å². The van der Waals surface area contributed by atoms with E-state index in [-0.39, 0.29) is 18.8 Å². The zero-order valence-corrected chi connectivity index (χ0v) is 13.5. The first kappa shape index (κ1) is 17.0. The first-order valence-electron chi connectivity index (χ1n) is 7.27. The summed E-state index contributed by atoms with van der Waals surface area (Å²) in [4.78, 5) is 23.5. The number of carbonyl (C=O) groups is 2. The molecule has 0 radical (unpaired) electrons. The Balaban J connectivity index is 1.73. The van der Waals surface area contributed by atoms with Crippen molar-refractivity contribution in [3.63, 3.8) is 0 Å². The molecular weight excluding hydrogens is 316 g/mol. The van der Waals surface area contributed by atoms with Crippen LogP contribution in [-0.2, 0) is 9.59 Å². The lowest BCUT2D eigenvalue weighted by Gasteiger charge is -2.07. The normalized spacial score (nSPS) is 10.2. The van der Waals surface area contributed by atoms with E-state index in [2.05, 4.69) is 0 Å². The molecule has 0 aliphatic rings. The van der Waals surface area contributed by atoms with E-state index in [0.29, 0.717) is 22.9 Å². The average molecular weight is 333 g/mol. The molecule has 0 spiro atoms. The minimum atomic E-state index is -0.407. The quantitative estimate of drug-likeness (QED) is 0.583. The highest BCUT2D eigenvalue weighted by Gasteiger charge is 2.10. The lowest BCUT2D eigenvalue weighted by atomic mass is 10.2. The highest BCUT2D eigenvalue weighted by molar-refractivity contribution is 6.30. The van der Waals surface area contributed by atoms with Gasteiger partial charge in [0.15, 0.2) is 0 Å². The fourth-order valence-corrected chi connectivity index (χ4v) is 2.11. The number of rotatable bonds is 6. The summed E-state index contributed by atoms with van der Waals surface area (Å²) in [5, 5.41) is 0.497. The van der Waals surface area contributed by atoms with Crippen LogP contribution in [0.2, 0.25) is 5.02 Å². The van der Waals surface area contributed by atoms with E-state index in [9.17, 15) is 9.59 Å². The van der Waals surface area contributed by atoms with Crippen molar-refractivity contribution < 1.29 is 19.1 Å². The number of hydrogen-bond acceptors (Lipinski definition) is 4. The van der Waals surface area contributed by atoms with Gasteiger partial charge >= 0.3 is 11.9 Å². The van der Waals surface area contributed by atoms with Crippen LogP contribution in [0.1, 0.15) is 24.8 Å². The van der Waals surface area contributed by atoms with E-state index in [0.717, 1.165) is 5.56 Å². The molecule has 2 aromatic carbocycles. The molecule has 0 aliphatic heterocycles. The summed E-state index contributed by atoms with van der Waals surface area (Å²) in [5.41, 5.74) is 0.890. The molecule has 2 rings (SSSR count). The van der Waals surface area contributed by atoms with E-state index in [1.807, 2.05) is 19.1 Å². The van der Waals surface area contributed by atoms with Gasteiger partial charge in [0.25, 0.3) is 0 Å². The molecule has 4 nitrogen and oxygen atoms in total. The Labute approximate surface area is 140 Å². The van der Waals surface area contributed by atoms with Crippen molar-refractivity contribution in [1.29, 1.82) is 0 Å². The molecule has 0 saturated carbocycles. The van der Waals surface area contributed by atoms with Crippen LogP contribution in [-0.4, -0.2) is 11.9 Å². The van der Waals surface area contributed by atoms with Crippen molar-refractivity contribution in [1.82, 2.24) is 0 Å². The van der Waals surface area contributed by atoms with Gasteiger partial charge in [0.05, 0.1) is 0 Å². The molecular formula is C18H17ClO4. The minimum Gasteiger partial charge on any atom is -0.426 e. The summed E-state index contributed by atoms with van der Waals surface area (Å²) in [5.74, 6) is 0.162. The summed E-state index contributed by atoms with van der Waals surface area (Å²) in [6.45, 7) is 1.87. The Morgan fingerprint density at radius 3 is 2.35 bits per heavy atom. The van der Waals surface area contributed by atoms with Gasteiger partial charge in [-0.05, 0) is 43.2 Å². The summed E-state index contributed by atoms with van der Waals surface area (Å²) in [6, 6.07) is 13.9. The Hall–Kier alpha value is -2.33. The number of halogens is 1. The van der Waals surface area contributed by atoms with Gasteiger partial charge in [0, 0.05) is 17.9 Å². The number of esters is 2. The highest BCUT2D eigenvalue weighted by atomic mass is 35.5. The maximum Gasteiger partial charge on any atom is 0.311 e. The smallest absolute Gasteiger partial charge is 0.311 e. The number of hydrogen-bond donors (Lipinski definition) is 0. The molecule has 0 unspecified atom stereocenters. The van der Waals surface area contributed by atoms with Gasteiger partial charge in [0.2, 0.25) is 0 Å². The van der Waals surface area contributed by atoms with E-state index >= 15 is 0 Å². The van der Waals surface area contributed by atoms with Crippen molar-refractivity contribution in [2.45, 2.75) is 26.2 Å². The monoisotopic (exact) mass is 332 g/mol. The summed E-state index contributed by atoms with van der Waals surface area (Å²) in [7, 11) is 0. The molecule has 0 aliphatic carbocycles. The molecule has 5 heteroatoms. The third kappa shape index (κ3) is 5.75. The molecule has 23 heavy (non-hydrogen) atoms. The molecule has 0 aromatic heterocycles. The van der Waals surface area contributed by atoms with Crippen LogP contribution in [0.3, 0.4) is 0 Å². The zero-order chi connectivity index (χ0) is 16.7. The summed E-state index contributed by atoms with van der Waals surface area (Å²) < 4.78 is 10.4. The van der Waals surface area contributed by atoms with Gasteiger partial charge in [0.1, 0.15) is 11.5 Å². The first-order valence-corrected chi connectivity index (χ1v) is 7.65. The fraction of sp³-hybridized carbons (Fsp3) is 0.222. The topological polar surface area (TPSA) is 52.6 Å². The second-order valence-electron chi connectivity index (χ2n) is 5.02. The predicted molar refractivity (Wildman–Crippen MR) is 87.8 cm³/mol. The summed E-state index contributed by atoms with van der Waals surface area (Å²) in [6.07, 6.45) is 0.651. The van der Waals surface area contributed by atoms with Crippen LogP contribution in [0.4, 0.5) is 0 Å². The number of carbonyl (C=O) groups excluding carboxylic acids is 2. The molecule has 0 bridgehead atoms. The van der Waals surface area contributed by atoms with Crippen LogP contribution >= 0.6 is 11.6 Å². The zero-order valence-electron chi connectivity index (χ0n) is 12.8. The molecule has 0 heterocycles. The lowest BCUT2D eigenvalue weighted by molar-refractivity contribution is -0.136. The van der Waals surface area contributed by atoms with Crippen molar-refractivity contribution in [3.05, 3.63) is 59.1 Å². The number of benzene rings is 2. The van der Waals surface area contributed by atoms with E-state index < -0.39 is 5.97 Å². The van der Waals surface area contributed by atoms with Crippen molar-refractivity contribution >= 4 is 23.5 Å². The fourth-order valence-electron chi connectivity index (χ4n) is 1.93. The van der Waals surface area contributed by atoms with Crippen LogP contribution in [0.15, 0.2) is 48.5 Å². The van der Waals surface area contributed by atoms with Crippen molar-refractivity contribution in [2.75, 3.05) is 0 Å². The predicted octanol–water partition coefficient (Wildman–Crippen LogP) is 4.33. The lowest BCUT2D eigenvalue weighted by Crippen LogP contribution is -2.12. The van der Waals surface area contributed by atoms with Gasteiger partial charge in [-0.1, -0.05) is 35.9 Å². The molecule has 0 amide bonds. The van der Waals surface area contributed by atoms with Gasteiger partial charge in [-0.3, -0.25) is 9.59 Å². The van der Waals surface area contributed by atoms with E-state index in [4.69, 9.17) is 21.1 Å². The van der Waals surface area contributed by atoms with Gasteiger partial charge in [-0.2, -0.15) is 0 Å². The van der Waals surface area contributed by atoms with E-state index in [1.165, 1.54) is 0 Å². The molecule has 2 aromatic rings. The average Bonchev–Trinajstić information content (AvgIpc) is 2.49. The third-order valence-corrected chi connectivity index (χ3v) is 3.34. The second kappa shape index (κ2) is 8.34. The summed E-state index contributed by atoms with van der Waals surface area (Å²) >= 11 is 5.81. The Kier molecular flexibility index (Phi) is 6.18. The minimum absolute atomic E-state index is 0.134. The number of ether oxygens (including phenoxy) is 2. The maximum atomic E-state index is 11.8. The highest BCUT2D eigenvalue weighted by Crippen LogP contribution is 2.19.